The number of nitrogens with one attached hydrogen (secondary N) is 1. The van der Waals surface area contributed by atoms with Gasteiger partial charge in [-0.25, -0.2) is 0 Å². The van der Waals surface area contributed by atoms with E-state index in [-0.39, 0.29) is 12.3 Å². The molecule has 0 unspecified atom stereocenters. The maximum atomic E-state index is 11.9. The number of carbonyl (C=O) groups is 1. The average molecular weight is 348 g/mol. The van der Waals surface area contributed by atoms with Crippen LogP contribution in [-0.4, -0.2) is 16.1 Å². The Labute approximate surface area is 142 Å². The van der Waals surface area contributed by atoms with Gasteiger partial charge in [-0.1, -0.05) is 35.9 Å². The Hall–Kier alpha value is -2.18. The van der Waals surface area contributed by atoms with Crippen molar-refractivity contribution < 1.29 is 9.21 Å². The molecule has 5 nitrogen and oxygen atoms in total. The van der Waals surface area contributed by atoms with Crippen molar-refractivity contribution in [2.45, 2.75) is 19.4 Å². The Kier molecular flexibility index (Phi) is 5.05. The summed E-state index contributed by atoms with van der Waals surface area (Å²) in [7, 11) is 0. The highest BCUT2D eigenvalue weighted by Gasteiger charge is 2.11. The molecule has 0 aliphatic heterocycles. The van der Waals surface area contributed by atoms with Gasteiger partial charge >= 0.3 is 0 Å². The zero-order chi connectivity index (χ0) is 16.1. The number of aromatic nitrogens is 2. The summed E-state index contributed by atoms with van der Waals surface area (Å²) in [6.07, 6.45) is 0.698. The highest BCUT2D eigenvalue weighted by Crippen LogP contribution is 2.23. The number of benzene rings is 1. The molecule has 1 amide bonds. The molecule has 0 bridgehead atoms. The summed E-state index contributed by atoms with van der Waals surface area (Å²) in [6, 6.07) is 11.3. The van der Waals surface area contributed by atoms with Crippen molar-refractivity contribution in [2.24, 2.45) is 0 Å². The number of carbonyl (C=O) groups excluding carboxylic acids is 1. The number of hydrogen-bond donors (Lipinski definition) is 1. The van der Waals surface area contributed by atoms with Crippen molar-refractivity contribution in [1.82, 2.24) is 15.5 Å². The third-order valence-corrected chi connectivity index (χ3v) is 4.43. The number of halogens is 1. The number of aryl methyl sites for hydroxylation is 1. The molecular formula is C16H14ClN3O2S. The first-order valence-corrected chi connectivity index (χ1v) is 8.34. The number of thiophene rings is 1. The molecule has 1 aromatic carbocycles. The van der Waals surface area contributed by atoms with E-state index in [4.69, 9.17) is 16.0 Å². The van der Waals surface area contributed by atoms with Gasteiger partial charge in [-0.3, -0.25) is 4.79 Å². The van der Waals surface area contributed by atoms with Crippen molar-refractivity contribution in [3.8, 4) is 10.8 Å². The van der Waals surface area contributed by atoms with E-state index in [2.05, 4.69) is 15.5 Å². The van der Waals surface area contributed by atoms with E-state index >= 15 is 0 Å². The molecular weight excluding hydrogens is 334 g/mol. The van der Waals surface area contributed by atoms with Crippen LogP contribution in [0.25, 0.3) is 10.8 Å². The summed E-state index contributed by atoms with van der Waals surface area (Å²) in [5.74, 6) is 0.869. The summed E-state index contributed by atoms with van der Waals surface area (Å²) < 4.78 is 5.55. The Bertz CT molecular complexity index is 786. The van der Waals surface area contributed by atoms with Crippen LogP contribution in [0, 0.1) is 0 Å². The molecule has 0 radical (unpaired) electrons. The Balaban J connectivity index is 1.49. The second-order valence-electron chi connectivity index (χ2n) is 4.85. The molecule has 0 saturated heterocycles. The molecule has 2 heterocycles. The zero-order valence-corrected chi connectivity index (χ0v) is 13.7. The number of rotatable bonds is 6. The highest BCUT2D eigenvalue weighted by atomic mass is 35.5. The summed E-state index contributed by atoms with van der Waals surface area (Å²) >= 11 is 7.58. The molecule has 1 N–H and O–H groups in total. The van der Waals surface area contributed by atoms with Gasteiger partial charge in [0.25, 0.3) is 5.89 Å². The van der Waals surface area contributed by atoms with Crippen LogP contribution in [0.5, 0.6) is 0 Å². The van der Waals surface area contributed by atoms with E-state index in [1.54, 1.807) is 6.07 Å². The summed E-state index contributed by atoms with van der Waals surface area (Å²) in [6.45, 7) is 0.406. The zero-order valence-electron chi connectivity index (χ0n) is 12.2. The minimum Gasteiger partial charge on any atom is -0.420 e. The SMILES string of the molecule is O=C(CCc1nnc(-c2cccs2)o1)NCc1ccccc1Cl. The van der Waals surface area contributed by atoms with Crippen molar-refractivity contribution in [1.29, 1.82) is 0 Å². The first-order valence-electron chi connectivity index (χ1n) is 7.09. The van der Waals surface area contributed by atoms with E-state index in [1.807, 2.05) is 35.7 Å². The number of nitrogens with zero attached hydrogens (tertiary/aromatic N) is 2. The van der Waals surface area contributed by atoms with Gasteiger partial charge in [0.1, 0.15) is 0 Å². The third-order valence-electron chi connectivity index (χ3n) is 3.20. The predicted molar refractivity (Wildman–Crippen MR) is 89.2 cm³/mol. The predicted octanol–water partition coefficient (Wildman–Crippen LogP) is 3.70. The fourth-order valence-corrected chi connectivity index (χ4v) is 2.85. The number of hydrogen-bond acceptors (Lipinski definition) is 5. The van der Waals surface area contributed by atoms with Gasteiger partial charge in [0.2, 0.25) is 11.8 Å². The van der Waals surface area contributed by atoms with Crippen molar-refractivity contribution in [3.05, 3.63) is 58.3 Å². The van der Waals surface area contributed by atoms with Crippen molar-refractivity contribution in [3.63, 3.8) is 0 Å². The van der Waals surface area contributed by atoms with Crippen LogP contribution in [0.1, 0.15) is 17.9 Å². The van der Waals surface area contributed by atoms with Crippen LogP contribution in [0.3, 0.4) is 0 Å². The monoisotopic (exact) mass is 347 g/mol. The van der Waals surface area contributed by atoms with Crippen LogP contribution in [0.2, 0.25) is 5.02 Å². The highest BCUT2D eigenvalue weighted by molar-refractivity contribution is 7.13. The Morgan fingerprint density at radius 2 is 2.09 bits per heavy atom. The molecule has 2 aromatic heterocycles. The van der Waals surface area contributed by atoms with Gasteiger partial charge in [-0.15, -0.1) is 21.5 Å². The summed E-state index contributed by atoms with van der Waals surface area (Å²) in [5.41, 5.74) is 0.889. The van der Waals surface area contributed by atoms with Gasteiger partial charge in [-0.05, 0) is 23.1 Å². The fraction of sp³-hybridized carbons (Fsp3) is 0.188. The molecule has 3 rings (SSSR count). The second-order valence-corrected chi connectivity index (χ2v) is 6.20. The molecule has 0 aliphatic rings. The van der Waals surface area contributed by atoms with E-state index < -0.39 is 0 Å². The number of amides is 1. The van der Waals surface area contributed by atoms with Crippen LogP contribution < -0.4 is 5.32 Å². The molecule has 118 valence electrons. The molecule has 7 heteroatoms. The lowest BCUT2D eigenvalue weighted by Crippen LogP contribution is -2.23. The van der Waals surface area contributed by atoms with Crippen molar-refractivity contribution in [2.75, 3.05) is 0 Å². The van der Waals surface area contributed by atoms with Crippen molar-refractivity contribution >= 4 is 28.8 Å². The standard InChI is InChI=1S/C16H14ClN3O2S/c17-12-5-2-1-4-11(12)10-18-14(21)7-8-15-19-20-16(22-15)13-6-3-9-23-13/h1-6,9H,7-8,10H2,(H,18,21). The van der Waals surface area contributed by atoms with Gasteiger partial charge in [0.15, 0.2) is 0 Å². The first-order chi connectivity index (χ1) is 11.2. The lowest BCUT2D eigenvalue weighted by Gasteiger charge is -2.06. The molecule has 0 spiro atoms. The third kappa shape index (κ3) is 4.18. The molecule has 23 heavy (non-hydrogen) atoms. The maximum Gasteiger partial charge on any atom is 0.257 e. The van der Waals surface area contributed by atoms with Crippen LogP contribution in [0.4, 0.5) is 0 Å². The molecule has 0 saturated carbocycles. The topological polar surface area (TPSA) is 68.0 Å². The van der Waals surface area contributed by atoms with Gasteiger partial charge in [0, 0.05) is 24.4 Å². The average Bonchev–Trinajstić information content (AvgIpc) is 3.23. The largest absolute Gasteiger partial charge is 0.420 e. The van der Waals surface area contributed by atoms with E-state index in [0.717, 1.165) is 10.4 Å². The normalized spacial score (nSPS) is 10.7. The summed E-state index contributed by atoms with van der Waals surface area (Å²) in [4.78, 5) is 12.8. The molecule has 0 atom stereocenters. The first kappa shape index (κ1) is 15.7. The lowest BCUT2D eigenvalue weighted by molar-refractivity contribution is -0.121. The summed E-state index contributed by atoms with van der Waals surface area (Å²) in [5, 5.41) is 13.4. The van der Waals surface area contributed by atoms with E-state index in [0.29, 0.717) is 29.8 Å². The smallest absolute Gasteiger partial charge is 0.257 e. The van der Waals surface area contributed by atoms with Crippen LogP contribution in [0.15, 0.2) is 46.2 Å². The minimum atomic E-state index is -0.0826. The Morgan fingerprint density at radius 3 is 2.87 bits per heavy atom. The lowest BCUT2D eigenvalue weighted by atomic mass is 10.2. The van der Waals surface area contributed by atoms with E-state index in [1.165, 1.54) is 11.3 Å². The van der Waals surface area contributed by atoms with Crippen LogP contribution in [-0.2, 0) is 17.8 Å². The maximum absolute atomic E-state index is 11.9. The molecule has 0 aliphatic carbocycles. The van der Waals surface area contributed by atoms with E-state index in [9.17, 15) is 4.79 Å². The van der Waals surface area contributed by atoms with Gasteiger partial charge < -0.3 is 9.73 Å². The second kappa shape index (κ2) is 7.39. The van der Waals surface area contributed by atoms with Crippen LogP contribution >= 0.6 is 22.9 Å². The molecule has 3 aromatic rings. The minimum absolute atomic E-state index is 0.0826. The molecule has 0 fully saturated rings. The quantitative estimate of drug-likeness (QED) is 0.738. The van der Waals surface area contributed by atoms with Gasteiger partial charge in [-0.2, -0.15) is 0 Å². The Morgan fingerprint density at radius 1 is 1.22 bits per heavy atom. The van der Waals surface area contributed by atoms with Gasteiger partial charge in [0.05, 0.1) is 4.88 Å². The fourth-order valence-electron chi connectivity index (χ4n) is 2.00.